The van der Waals surface area contributed by atoms with Crippen LogP contribution in [0.1, 0.15) is 25.5 Å². The molecule has 3 rings (SSSR count). The van der Waals surface area contributed by atoms with Gasteiger partial charge in [0.15, 0.2) is 10.9 Å². The molecule has 0 aliphatic carbocycles. The zero-order chi connectivity index (χ0) is 18.5. The number of ketones is 1. The van der Waals surface area contributed by atoms with Crippen molar-refractivity contribution in [3.63, 3.8) is 0 Å². The Labute approximate surface area is 155 Å². The molecule has 3 heterocycles. The maximum atomic E-state index is 12.2. The smallest absolute Gasteiger partial charge is 0.228 e. The number of Topliss-reactive ketones (excluding diaryl/α,β-unsaturated/α-hetero) is 1. The fourth-order valence-electron chi connectivity index (χ4n) is 2.81. The van der Waals surface area contributed by atoms with Crippen LogP contribution in [0.5, 0.6) is 0 Å². The molecule has 0 radical (unpaired) electrons. The van der Waals surface area contributed by atoms with E-state index in [0.29, 0.717) is 11.7 Å². The van der Waals surface area contributed by atoms with Crippen molar-refractivity contribution in [1.82, 2.24) is 14.8 Å². The van der Waals surface area contributed by atoms with Gasteiger partial charge in [-0.05, 0) is 31.9 Å². The summed E-state index contributed by atoms with van der Waals surface area (Å²) in [5.41, 5.74) is 5.82. The van der Waals surface area contributed by atoms with Crippen molar-refractivity contribution in [1.29, 1.82) is 5.26 Å². The van der Waals surface area contributed by atoms with Gasteiger partial charge in [0, 0.05) is 18.8 Å². The second kappa shape index (κ2) is 8.10. The molecule has 0 spiro atoms. The van der Waals surface area contributed by atoms with Crippen LogP contribution in [0.3, 0.4) is 0 Å². The van der Waals surface area contributed by atoms with Crippen LogP contribution in [0.4, 0.5) is 5.95 Å². The molecule has 0 bridgehead atoms. The van der Waals surface area contributed by atoms with E-state index in [9.17, 15) is 4.79 Å². The zero-order valence-corrected chi connectivity index (χ0v) is 15.3. The molecule has 26 heavy (non-hydrogen) atoms. The minimum absolute atomic E-state index is 0.00522. The standard InChI is InChI=1S/C17H20N6O2S/c1-12(19)14(9-18)15(24)11-26-17-21-20-16(22-6-2-3-7-22)23(17)10-13-5-4-8-25-13/h4-5,8H,2-3,6-7,10-11,19H2,1H3/b14-12+. The molecule has 0 unspecified atom stereocenters. The van der Waals surface area contributed by atoms with Crippen LogP contribution in [-0.4, -0.2) is 39.4 Å². The third kappa shape index (κ3) is 3.91. The lowest BCUT2D eigenvalue weighted by molar-refractivity contribution is -0.112. The number of nitrogens with two attached hydrogens (primary N) is 1. The predicted molar refractivity (Wildman–Crippen MR) is 97.5 cm³/mol. The second-order valence-corrected chi connectivity index (χ2v) is 6.97. The molecule has 9 heteroatoms. The van der Waals surface area contributed by atoms with Crippen LogP contribution < -0.4 is 10.6 Å². The lowest BCUT2D eigenvalue weighted by atomic mass is 10.2. The normalized spacial score (nSPS) is 15.0. The topological polar surface area (TPSA) is 114 Å². The molecule has 2 aromatic heterocycles. The highest BCUT2D eigenvalue weighted by molar-refractivity contribution is 7.99. The Balaban J connectivity index is 1.81. The summed E-state index contributed by atoms with van der Waals surface area (Å²) in [6, 6.07) is 5.59. The van der Waals surface area contributed by atoms with Crippen molar-refractivity contribution < 1.29 is 9.21 Å². The summed E-state index contributed by atoms with van der Waals surface area (Å²) in [5, 5.41) is 18.3. The fourth-order valence-corrected chi connectivity index (χ4v) is 3.61. The van der Waals surface area contributed by atoms with Gasteiger partial charge in [0.1, 0.15) is 17.4 Å². The Kier molecular flexibility index (Phi) is 5.63. The van der Waals surface area contributed by atoms with Gasteiger partial charge in [-0.25, -0.2) is 0 Å². The molecule has 0 amide bonds. The van der Waals surface area contributed by atoms with Gasteiger partial charge < -0.3 is 15.1 Å². The van der Waals surface area contributed by atoms with E-state index in [2.05, 4.69) is 15.1 Å². The zero-order valence-electron chi connectivity index (χ0n) is 14.5. The second-order valence-electron chi connectivity index (χ2n) is 6.02. The van der Waals surface area contributed by atoms with Crippen LogP contribution >= 0.6 is 11.8 Å². The van der Waals surface area contributed by atoms with Gasteiger partial charge in [-0.15, -0.1) is 10.2 Å². The van der Waals surface area contributed by atoms with Gasteiger partial charge in [-0.3, -0.25) is 9.36 Å². The lowest BCUT2D eigenvalue weighted by Gasteiger charge is -2.17. The fraction of sp³-hybridized carbons (Fsp3) is 0.412. The number of aromatic nitrogens is 3. The Morgan fingerprint density at radius 2 is 2.19 bits per heavy atom. The SMILES string of the molecule is C/C(N)=C(/C#N)C(=O)CSc1nnc(N2CCCC2)n1Cc1ccco1. The van der Waals surface area contributed by atoms with Crippen LogP contribution in [0, 0.1) is 11.3 Å². The van der Waals surface area contributed by atoms with Crippen LogP contribution in [0.15, 0.2) is 39.2 Å². The predicted octanol–water partition coefficient (Wildman–Crippen LogP) is 1.94. The summed E-state index contributed by atoms with van der Waals surface area (Å²) in [4.78, 5) is 14.4. The average Bonchev–Trinajstić information content (AvgIpc) is 3.36. The largest absolute Gasteiger partial charge is 0.467 e. The van der Waals surface area contributed by atoms with Crippen LogP contribution in [0.2, 0.25) is 0 Å². The monoisotopic (exact) mass is 372 g/mol. The molecule has 0 atom stereocenters. The number of hydrogen-bond acceptors (Lipinski definition) is 8. The highest BCUT2D eigenvalue weighted by Gasteiger charge is 2.23. The van der Waals surface area contributed by atoms with Gasteiger partial charge in [-0.1, -0.05) is 11.8 Å². The first-order valence-corrected chi connectivity index (χ1v) is 9.31. The number of nitrogens with zero attached hydrogens (tertiary/aromatic N) is 5. The Hall–Kier alpha value is -2.73. The number of furan rings is 1. The Morgan fingerprint density at radius 3 is 2.81 bits per heavy atom. The molecular weight excluding hydrogens is 352 g/mol. The number of allylic oxidation sites excluding steroid dienone is 2. The highest BCUT2D eigenvalue weighted by atomic mass is 32.2. The van der Waals surface area contributed by atoms with E-state index in [-0.39, 0.29) is 22.8 Å². The molecule has 8 nitrogen and oxygen atoms in total. The quantitative estimate of drug-likeness (QED) is 0.445. The molecule has 1 saturated heterocycles. The molecule has 1 fully saturated rings. The summed E-state index contributed by atoms with van der Waals surface area (Å²) in [7, 11) is 0. The van der Waals surface area contributed by atoms with Crippen molar-refractivity contribution in [2.75, 3.05) is 23.7 Å². The maximum Gasteiger partial charge on any atom is 0.228 e. The molecule has 0 aromatic carbocycles. The van der Waals surface area contributed by atoms with E-state index in [4.69, 9.17) is 15.4 Å². The number of rotatable bonds is 7. The van der Waals surface area contributed by atoms with E-state index in [1.165, 1.54) is 11.8 Å². The summed E-state index contributed by atoms with van der Waals surface area (Å²) in [6.45, 7) is 3.91. The minimum atomic E-state index is -0.312. The van der Waals surface area contributed by atoms with Gasteiger partial charge in [0.05, 0.1) is 18.6 Å². The molecule has 2 N–H and O–H groups in total. The van der Waals surface area contributed by atoms with Crippen LogP contribution in [0.25, 0.3) is 0 Å². The molecular formula is C17H20N6O2S. The minimum Gasteiger partial charge on any atom is -0.467 e. The molecule has 2 aromatic rings. The first kappa shape index (κ1) is 18.1. The number of hydrogen-bond donors (Lipinski definition) is 1. The van der Waals surface area contributed by atoms with E-state index in [0.717, 1.165) is 37.6 Å². The summed E-state index contributed by atoms with van der Waals surface area (Å²) in [5.74, 6) is 1.33. The number of thioether (sulfide) groups is 1. The highest BCUT2D eigenvalue weighted by Crippen LogP contribution is 2.26. The molecule has 136 valence electrons. The molecule has 0 saturated carbocycles. The van der Waals surface area contributed by atoms with Gasteiger partial charge >= 0.3 is 0 Å². The number of carbonyl (C=O) groups is 1. The van der Waals surface area contributed by atoms with Crippen molar-refractivity contribution >= 4 is 23.5 Å². The first-order chi connectivity index (χ1) is 12.6. The van der Waals surface area contributed by atoms with Crippen molar-refractivity contribution in [2.24, 2.45) is 5.73 Å². The van der Waals surface area contributed by atoms with Crippen molar-refractivity contribution in [3.05, 3.63) is 35.4 Å². The summed E-state index contributed by atoms with van der Waals surface area (Å²) >= 11 is 1.25. The molecule has 1 aliphatic heterocycles. The van der Waals surface area contributed by atoms with Crippen molar-refractivity contribution in [3.8, 4) is 6.07 Å². The average molecular weight is 372 g/mol. The maximum absolute atomic E-state index is 12.2. The van der Waals surface area contributed by atoms with Crippen molar-refractivity contribution in [2.45, 2.75) is 31.5 Å². The Bertz CT molecular complexity index is 839. The summed E-state index contributed by atoms with van der Waals surface area (Å²) in [6.07, 6.45) is 3.88. The first-order valence-electron chi connectivity index (χ1n) is 8.33. The van der Waals surface area contributed by atoms with Gasteiger partial charge in [0.25, 0.3) is 0 Å². The Morgan fingerprint density at radius 1 is 1.42 bits per heavy atom. The third-order valence-electron chi connectivity index (χ3n) is 4.10. The van der Waals surface area contributed by atoms with Gasteiger partial charge in [0.2, 0.25) is 5.95 Å². The third-order valence-corrected chi connectivity index (χ3v) is 5.06. The van der Waals surface area contributed by atoms with E-state index >= 15 is 0 Å². The van der Waals surface area contributed by atoms with E-state index in [1.807, 2.05) is 22.8 Å². The lowest BCUT2D eigenvalue weighted by Crippen LogP contribution is -2.22. The van der Waals surface area contributed by atoms with E-state index < -0.39 is 0 Å². The summed E-state index contributed by atoms with van der Waals surface area (Å²) < 4.78 is 7.41. The number of anilines is 1. The number of carbonyl (C=O) groups excluding carboxylic acids is 1. The molecule has 1 aliphatic rings. The van der Waals surface area contributed by atoms with E-state index in [1.54, 1.807) is 13.2 Å². The number of nitriles is 1. The van der Waals surface area contributed by atoms with Gasteiger partial charge in [-0.2, -0.15) is 5.26 Å². The van der Waals surface area contributed by atoms with Crippen LogP contribution in [-0.2, 0) is 11.3 Å².